The van der Waals surface area contributed by atoms with Crippen molar-refractivity contribution in [1.29, 1.82) is 0 Å². The quantitative estimate of drug-likeness (QED) is 0.427. The van der Waals surface area contributed by atoms with E-state index >= 15 is 0 Å². The molecule has 2 aliphatic carbocycles. The van der Waals surface area contributed by atoms with Crippen LogP contribution in [0.4, 0.5) is 5.95 Å². The Morgan fingerprint density at radius 3 is 3.03 bits per heavy atom. The molecule has 162 valence electrons. The van der Waals surface area contributed by atoms with Crippen molar-refractivity contribution in [3.05, 3.63) is 65.1 Å². The number of nitrogens with zero attached hydrogens (tertiary/aromatic N) is 4. The first-order valence-corrected chi connectivity index (χ1v) is 11.2. The van der Waals surface area contributed by atoms with E-state index < -0.39 is 6.10 Å². The van der Waals surface area contributed by atoms with Gasteiger partial charge in [-0.15, -0.1) is 0 Å². The first-order valence-electron chi connectivity index (χ1n) is 11.2. The van der Waals surface area contributed by atoms with Gasteiger partial charge in [0.2, 0.25) is 5.95 Å². The maximum absolute atomic E-state index is 10.5. The number of hydrogen-bond acceptors (Lipinski definition) is 6. The fourth-order valence-electron chi connectivity index (χ4n) is 4.68. The summed E-state index contributed by atoms with van der Waals surface area (Å²) in [6.07, 6.45) is 9.98. The van der Waals surface area contributed by atoms with Crippen LogP contribution in [0.2, 0.25) is 0 Å². The van der Waals surface area contributed by atoms with Crippen LogP contribution in [0.25, 0.3) is 5.65 Å². The summed E-state index contributed by atoms with van der Waals surface area (Å²) < 4.78 is 7.50. The second-order valence-corrected chi connectivity index (χ2v) is 8.47. The van der Waals surface area contributed by atoms with Crippen LogP contribution < -0.4 is 5.32 Å². The molecule has 0 bridgehead atoms. The van der Waals surface area contributed by atoms with Gasteiger partial charge in [0.05, 0.1) is 24.9 Å². The van der Waals surface area contributed by atoms with Crippen LogP contribution in [0.3, 0.4) is 0 Å². The summed E-state index contributed by atoms with van der Waals surface area (Å²) in [7, 11) is 0. The number of anilines is 1. The SMILES string of the molecule is CCCCOCC1=C[C@@H](c2cnn3c(N[C@H]4CCc5ccccc54)ncnc23)C[C@H]1O. The lowest BCUT2D eigenvalue weighted by molar-refractivity contribution is 0.126. The van der Waals surface area contributed by atoms with Crippen molar-refractivity contribution in [3.63, 3.8) is 0 Å². The number of benzene rings is 1. The van der Waals surface area contributed by atoms with Crippen molar-refractivity contribution in [1.82, 2.24) is 19.6 Å². The van der Waals surface area contributed by atoms with Crippen molar-refractivity contribution < 1.29 is 9.84 Å². The third-order valence-electron chi connectivity index (χ3n) is 6.40. The van der Waals surface area contributed by atoms with Crippen molar-refractivity contribution in [2.24, 2.45) is 0 Å². The van der Waals surface area contributed by atoms with E-state index in [9.17, 15) is 5.11 Å². The Morgan fingerprint density at radius 2 is 2.13 bits per heavy atom. The lowest BCUT2D eigenvalue weighted by Gasteiger charge is -2.15. The van der Waals surface area contributed by atoms with E-state index in [0.29, 0.717) is 19.0 Å². The van der Waals surface area contributed by atoms with E-state index in [-0.39, 0.29) is 12.0 Å². The summed E-state index contributed by atoms with van der Waals surface area (Å²) in [5, 5.41) is 18.7. The highest BCUT2D eigenvalue weighted by molar-refractivity contribution is 5.54. The molecule has 2 heterocycles. The number of allylic oxidation sites excluding steroid dienone is 1. The summed E-state index contributed by atoms with van der Waals surface area (Å²) >= 11 is 0. The van der Waals surface area contributed by atoms with Gasteiger partial charge in [-0.2, -0.15) is 9.61 Å². The van der Waals surface area contributed by atoms with Gasteiger partial charge in [-0.05, 0) is 42.4 Å². The normalized spacial score (nSPS) is 22.6. The summed E-state index contributed by atoms with van der Waals surface area (Å²) in [6.45, 7) is 3.36. The molecule has 0 fully saturated rings. The van der Waals surface area contributed by atoms with Gasteiger partial charge in [-0.25, -0.2) is 9.97 Å². The zero-order chi connectivity index (χ0) is 21.2. The van der Waals surface area contributed by atoms with Crippen LogP contribution >= 0.6 is 0 Å². The molecule has 0 amide bonds. The molecule has 2 N–H and O–H groups in total. The van der Waals surface area contributed by atoms with Crippen LogP contribution in [0, 0.1) is 0 Å². The maximum atomic E-state index is 10.5. The molecular weight excluding hydrogens is 390 g/mol. The van der Waals surface area contributed by atoms with E-state index in [1.54, 1.807) is 10.8 Å². The molecule has 3 atom stereocenters. The van der Waals surface area contributed by atoms with Gasteiger partial charge >= 0.3 is 0 Å². The number of aryl methyl sites for hydroxylation is 1. The Bertz CT molecular complexity index is 1090. The average Bonchev–Trinajstić information content (AvgIpc) is 3.49. The molecule has 7 heteroatoms. The Morgan fingerprint density at radius 1 is 1.23 bits per heavy atom. The molecule has 0 saturated heterocycles. The van der Waals surface area contributed by atoms with Gasteiger partial charge in [-0.3, -0.25) is 0 Å². The topological polar surface area (TPSA) is 84.6 Å². The number of aliphatic hydroxyl groups excluding tert-OH is 1. The summed E-state index contributed by atoms with van der Waals surface area (Å²) in [5.74, 6) is 0.774. The van der Waals surface area contributed by atoms with E-state index in [2.05, 4.69) is 57.6 Å². The van der Waals surface area contributed by atoms with Crippen LogP contribution in [-0.2, 0) is 11.2 Å². The molecule has 2 aromatic heterocycles. The molecule has 2 aliphatic rings. The Labute approximate surface area is 182 Å². The van der Waals surface area contributed by atoms with Gasteiger partial charge in [0, 0.05) is 18.1 Å². The van der Waals surface area contributed by atoms with E-state index in [0.717, 1.165) is 49.1 Å². The number of fused-ring (bicyclic) bond motifs is 2. The van der Waals surface area contributed by atoms with Crippen LogP contribution in [0.5, 0.6) is 0 Å². The largest absolute Gasteiger partial charge is 0.389 e. The Hall–Kier alpha value is -2.77. The smallest absolute Gasteiger partial charge is 0.227 e. The number of aliphatic hydroxyl groups is 1. The minimum Gasteiger partial charge on any atom is -0.389 e. The molecular formula is C24H29N5O2. The highest BCUT2D eigenvalue weighted by atomic mass is 16.5. The van der Waals surface area contributed by atoms with Crippen LogP contribution in [0.1, 0.15) is 61.3 Å². The van der Waals surface area contributed by atoms with Crippen molar-refractivity contribution in [2.75, 3.05) is 18.5 Å². The summed E-state index contributed by atoms with van der Waals surface area (Å²) in [6, 6.07) is 8.78. The number of aromatic nitrogens is 4. The third kappa shape index (κ3) is 3.95. The van der Waals surface area contributed by atoms with E-state index in [1.165, 1.54) is 11.1 Å². The number of nitrogens with one attached hydrogen (secondary N) is 1. The summed E-state index contributed by atoms with van der Waals surface area (Å²) in [5.41, 5.74) is 5.47. The lowest BCUT2D eigenvalue weighted by atomic mass is 10.0. The molecule has 1 aromatic carbocycles. The Kier molecular flexibility index (Phi) is 5.70. The zero-order valence-corrected chi connectivity index (χ0v) is 17.9. The molecule has 5 rings (SSSR count). The number of unbranched alkanes of at least 4 members (excludes halogenated alkanes) is 1. The average molecular weight is 420 g/mol. The second-order valence-electron chi connectivity index (χ2n) is 8.47. The minimum atomic E-state index is -0.476. The Balaban J connectivity index is 1.36. The van der Waals surface area contributed by atoms with Gasteiger partial charge in [0.25, 0.3) is 0 Å². The monoisotopic (exact) mass is 419 g/mol. The third-order valence-corrected chi connectivity index (χ3v) is 6.40. The van der Waals surface area contributed by atoms with Crippen molar-refractivity contribution in [2.45, 2.75) is 57.1 Å². The highest BCUT2D eigenvalue weighted by Gasteiger charge is 2.29. The fourth-order valence-corrected chi connectivity index (χ4v) is 4.68. The highest BCUT2D eigenvalue weighted by Crippen LogP contribution is 2.36. The van der Waals surface area contributed by atoms with Crippen molar-refractivity contribution >= 4 is 11.6 Å². The first kappa shape index (κ1) is 20.2. The van der Waals surface area contributed by atoms with Crippen LogP contribution in [0.15, 0.2) is 48.4 Å². The van der Waals surface area contributed by atoms with E-state index in [4.69, 9.17) is 4.74 Å². The fraction of sp³-hybridized carbons (Fsp3) is 0.458. The molecule has 0 spiro atoms. The molecule has 3 aromatic rings. The van der Waals surface area contributed by atoms with E-state index in [1.807, 2.05) is 6.20 Å². The van der Waals surface area contributed by atoms with Gasteiger partial charge in [-0.1, -0.05) is 43.7 Å². The van der Waals surface area contributed by atoms with Crippen LogP contribution in [-0.4, -0.2) is 44.0 Å². The molecule has 0 radical (unpaired) electrons. The van der Waals surface area contributed by atoms with Gasteiger partial charge in [0.15, 0.2) is 5.65 Å². The van der Waals surface area contributed by atoms with Crippen molar-refractivity contribution in [3.8, 4) is 0 Å². The number of rotatable bonds is 8. The lowest BCUT2D eigenvalue weighted by Crippen LogP contribution is -2.13. The molecule has 0 saturated carbocycles. The first-order chi connectivity index (χ1) is 15.2. The number of hydrogen-bond donors (Lipinski definition) is 2. The van der Waals surface area contributed by atoms with Gasteiger partial charge < -0.3 is 15.2 Å². The minimum absolute atomic E-state index is 0.0761. The number of ether oxygens (including phenoxy) is 1. The molecule has 31 heavy (non-hydrogen) atoms. The predicted molar refractivity (Wildman–Crippen MR) is 119 cm³/mol. The molecule has 7 nitrogen and oxygen atoms in total. The zero-order valence-electron chi connectivity index (χ0n) is 17.9. The standard InChI is InChI=1S/C24H29N5O2/c1-2-3-10-31-14-18-11-17(12-22(18)30)20-13-27-29-23(20)25-15-26-24(29)28-21-9-8-16-6-4-5-7-19(16)21/h4-7,11,13,15,17,21-22,30H,2-3,8-10,12,14H2,1H3,(H,25,26,28)/t17-,21+,22-/m1/s1. The maximum Gasteiger partial charge on any atom is 0.227 e. The second kappa shape index (κ2) is 8.77. The molecule has 0 unspecified atom stereocenters. The molecule has 0 aliphatic heterocycles. The summed E-state index contributed by atoms with van der Waals surface area (Å²) in [4.78, 5) is 8.97. The predicted octanol–water partition coefficient (Wildman–Crippen LogP) is 3.82. The van der Waals surface area contributed by atoms with Gasteiger partial charge in [0.1, 0.15) is 6.33 Å².